The first-order valence-electron chi connectivity index (χ1n) is 6.36. The Kier molecular flexibility index (Phi) is 5.09. The van der Waals surface area contributed by atoms with Crippen molar-refractivity contribution in [3.05, 3.63) is 27.1 Å². The summed E-state index contributed by atoms with van der Waals surface area (Å²) in [6, 6.07) is 5.18. The summed E-state index contributed by atoms with van der Waals surface area (Å²) in [6.45, 7) is 3.42. The molecule has 0 bridgehead atoms. The highest BCUT2D eigenvalue weighted by molar-refractivity contribution is 9.11. The molecule has 3 nitrogen and oxygen atoms in total. The predicted octanol–water partition coefficient (Wildman–Crippen LogP) is 4.02. The first-order valence-corrected chi connectivity index (χ1v) is 9.39. The maximum atomic E-state index is 12.7. The molecule has 1 aromatic carbocycles. The van der Waals surface area contributed by atoms with Crippen LogP contribution in [-0.4, -0.2) is 25.8 Å². The third-order valence-electron chi connectivity index (χ3n) is 3.49. The number of rotatable bonds is 2. The Bertz CT molecular complexity index is 560. The molecule has 0 spiro atoms. The van der Waals surface area contributed by atoms with Gasteiger partial charge in [-0.25, -0.2) is 8.42 Å². The van der Waals surface area contributed by atoms with Crippen molar-refractivity contribution in [1.29, 1.82) is 0 Å². The van der Waals surface area contributed by atoms with Crippen LogP contribution in [0.15, 0.2) is 32.0 Å². The summed E-state index contributed by atoms with van der Waals surface area (Å²) in [6.07, 6.45) is 2.98. The molecule has 1 heterocycles. The van der Waals surface area contributed by atoms with Crippen LogP contribution in [0.3, 0.4) is 0 Å². The molecule has 0 aliphatic carbocycles. The van der Waals surface area contributed by atoms with Gasteiger partial charge in [0.25, 0.3) is 0 Å². The average Bonchev–Trinajstić information content (AvgIpc) is 2.53. The van der Waals surface area contributed by atoms with Gasteiger partial charge in [-0.1, -0.05) is 22.9 Å². The molecule has 0 saturated carbocycles. The van der Waals surface area contributed by atoms with E-state index in [1.165, 1.54) is 0 Å². The fourth-order valence-electron chi connectivity index (χ4n) is 2.30. The molecule has 1 aromatic rings. The summed E-state index contributed by atoms with van der Waals surface area (Å²) in [5, 5.41) is 0. The minimum Gasteiger partial charge on any atom is -0.207 e. The normalized spacial score (nSPS) is 22.2. The van der Waals surface area contributed by atoms with Gasteiger partial charge < -0.3 is 0 Å². The molecule has 1 fully saturated rings. The fourth-order valence-corrected chi connectivity index (χ4v) is 5.50. The van der Waals surface area contributed by atoms with Crippen LogP contribution in [0.4, 0.5) is 0 Å². The highest BCUT2D eigenvalue weighted by atomic mass is 79.9. The molecular weight excluding hydrogens is 394 g/mol. The van der Waals surface area contributed by atoms with Crippen LogP contribution in [0.5, 0.6) is 0 Å². The van der Waals surface area contributed by atoms with Crippen molar-refractivity contribution in [3.63, 3.8) is 0 Å². The molecule has 1 aliphatic rings. The third kappa shape index (κ3) is 3.60. The summed E-state index contributed by atoms with van der Waals surface area (Å²) in [4.78, 5) is 0.352. The fraction of sp³-hybridized carbons (Fsp3) is 0.538. The Morgan fingerprint density at radius 3 is 2.63 bits per heavy atom. The first-order chi connectivity index (χ1) is 8.91. The van der Waals surface area contributed by atoms with Crippen LogP contribution in [-0.2, 0) is 10.0 Å². The van der Waals surface area contributed by atoms with E-state index in [0.717, 1.165) is 23.7 Å². The Hall–Kier alpha value is 0.0900. The van der Waals surface area contributed by atoms with Gasteiger partial charge in [-0.05, 0) is 59.3 Å². The van der Waals surface area contributed by atoms with E-state index in [2.05, 4.69) is 38.8 Å². The zero-order chi connectivity index (χ0) is 14.0. The summed E-state index contributed by atoms with van der Waals surface area (Å²) in [7, 11) is -3.39. The van der Waals surface area contributed by atoms with E-state index in [1.807, 2.05) is 0 Å². The molecule has 1 aliphatic heterocycles. The highest BCUT2D eigenvalue weighted by Gasteiger charge is 2.28. The van der Waals surface area contributed by atoms with Gasteiger partial charge in [0.2, 0.25) is 10.0 Å². The second-order valence-corrected chi connectivity index (χ2v) is 8.69. The number of halogens is 2. The molecule has 0 aromatic heterocycles. The Morgan fingerprint density at radius 1 is 1.21 bits per heavy atom. The maximum Gasteiger partial charge on any atom is 0.244 e. The quantitative estimate of drug-likeness (QED) is 0.738. The first kappa shape index (κ1) is 15.5. The van der Waals surface area contributed by atoms with E-state index in [1.54, 1.807) is 22.5 Å². The Balaban J connectivity index is 2.31. The van der Waals surface area contributed by atoms with Gasteiger partial charge in [0.1, 0.15) is 0 Å². The lowest BCUT2D eigenvalue weighted by molar-refractivity contribution is 0.416. The number of benzene rings is 1. The van der Waals surface area contributed by atoms with E-state index in [-0.39, 0.29) is 0 Å². The molecular formula is C13H17Br2NO2S. The molecule has 0 radical (unpaired) electrons. The third-order valence-corrected chi connectivity index (χ3v) is 6.86. The van der Waals surface area contributed by atoms with E-state index < -0.39 is 10.0 Å². The van der Waals surface area contributed by atoms with Crippen LogP contribution in [0.1, 0.15) is 26.2 Å². The van der Waals surface area contributed by atoms with Crippen molar-refractivity contribution in [2.45, 2.75) is 31.1 Å². The van der Waals surface area contributed by atoms with Crippen molar-refractivity contribution in [1.82, 2.24) is 4.31 Å². The highest BCUT2D eigenvalue weighted by Crippen LogP contribution is 2.29. The van der Waals surface area contributed by atoms with E-state index >= 15 is 0 Å². The van der Waals surface area contributed by atoms with Gasteiger partial charge in [0.15, 0.2) is 0 Å². The van der Waals surface area contributed by atoms with Crippen LogP contribution in [0.2, 0.25) is 0 Å². The van der Waals surface area contributed by atoms with Crippen molar-refractivity contribution < 1.29 is 8.42 Å². The smallest absolute Gasteiger partial charge is 0.207 e. The average molecular weight is 411 g/mol. The van der Waals surface area contributed by atoms with Gasteiger partial charge in [-0.2, -0.15) is 4.31 Å². The predicted molar refractivity (Wildman–Crippen MR) is 83.6 cm³/mol. The molecule has 19 heavy (non-hydrogen) atoms. The molecule has 1 atom stereocenters. The Labute approximate surface area is 131 Å². The van der Waals surface area contributed by atoms with E-state index in [4.69, 9.17) is 0 Å². The molecule has 6 heteroatoms. The minimum absolute atomic E-state index is 0.352. The van der Waals surface area contributed by atoms with Gasteiger partial charge >= 0.3 is 0 Å². The molecule has 0 amide bonds. The zero-order valence-corrected chi connectivity index (χ0v) is 14.8. The summed E-state index contributed by atoms with van der Waals surface area (Å²) < 4.78 is 28.4. The lowest BCUT2D eigenvalue weighted by Gasteiger charge is -2.20. The number of hydrogen-bond acceptors (Lipinski definition) is 2. The van der Waals surface area contributed by atoms with E-state index in [9.17, 15) is 8.42 Å². The van der Waals surface area contributed by atoms with Gasteiger partial charge in [-0.15, -0.1) is 0 Å². The number of sulfonamides is 1. The van der Waals surface area contributed by atoms with Crippen molar-refractivity contribution >= 4 is 41.9 Å². The van der Waals surface area contributed by atoms with Crippen molar-refractivity contribution in [2.24, 2.45) is 5.92 Å². The molecule has 2 rings (SSSR count). The number of hydrogen-bond donors (Lipinski definition) is 0. The Morgan fingerprint density at radius 2 is 1.95 bits per heavy atom. The lowest BCUT2D eigenvalue weighted by Crippen LogP contribution is -2.32. The summed E-state index contributed by atoms with van der Waals surface area (Å²) >= 11 is 6.69. The van der Waals surface area contributed by atoms with Crippen LogP contribution in [0, 0.1) is 5.92 Å². The lowest BCUT2D eigenvalue weighted by atomic mass is 10.0. The maximum absolute atomic E-state index is 12.7. The molecule has 1 saturated heterocycles. The van der Waals surface area contributed by atoms with Crippen molar-refractivity contribution in [3.8, 4) is 0 Å². The summed E-state index contributed by atoms with van der Waals surface area (Å²) in [5.41, 5.74) is 0. The van der Waals surface area contributed by atoms with Gasteiger partial charge in [0.05, 0.1) is 4.90 Å². The van der Waals surface area contributed by atoms with E-state index in [0.29, 0.717) is 28.4 Å². The van der Waals surface area contributed by atoms with Gasteiger partial charge in [0, 0.05) is 22.0 Å². The SMILES string of the molecule is CC1CCCN(S(=O)(=O)c2ccc(Br)cc2Br)CC1. The van der Waals surface area contributed by atoms with Crippen LogP contribution in [0.25, 0.3) is 0 Å². The largest absolute Gasteiger partial charge is 0.244 e. The second kappa shape index (κ2) is 6.24. The molecule has 1 unspecified atom stereocenters. The molecule has 106 valence electrons. The zero-order valence-electron chi connectivity index (χ0n) is 10.8. The van der Waals surface area contributed by atoms with Crippen molar-refractivity contribution in [2.75, 3.05) is 13.1 Å². The topological polar surface area (TPSA) is 37.4 Å². The monoisotopic (exact) mass is 409 g/mol. The van der Waals surface area contributed by atoms with Crippen LogP contribution >= 0.6 is 31.9 Å². The second-order valence-electron chi connectivity index (χ2n) is 5.01. The van der Waals surface area contributed by atoms with Gasteiger partial charge in [-0.3, -0.25) is 0 Å². The molecule has 0 N–H and O–H groups in total. The minimum atomic E-state index is -3.39. The summed E-state index contributed by atoms with van der Waals surface area (Å²) in [5.74, 6) is 0.605. The standard InChI is InChI=1S/C13H17Br2NO2S/c1-10-3-2-7-16(8-6-10)19(17,18)13-5-4-11(14)9-12(13)15/h4-5,9-10H,2-3,6-8H2,1H3. The number of nitrogens with zero attached hydrogens (tertiary/aromatic N) is 1. The van der Waals surface area contributed by atoms with Crippen LogP contribution < -0.4 is 0 Å².